The fourth-order valence-electron chi connectivity index (χ4n) is 3.83. The average molecular weight is 461 g/mol. The van der Waals surface area contributed by atoms with E-state index in [4.69, 9.17) is 10.8 Å². The molecule has 0 unspecified atom stereocenters. The van der Waals surface area contributed by atoms with Crippen molar-refractivity contribution in [3.05, 3.63) is 80.0 Å². The van der Waals surface area contributed by atoms with Gasteiger partial charge < -0.3 is 4.90 Å². The topological polar surface area (TPSA) is 147 Å². The number of rotatable bonds is 5. The zero-order valence-electron chi connectivity index (χ0n) is 18.3. The van der Waals surface area contributed by atoms with Crippen molar-refractivity contribution in [3.8, 4) is 23.0 Å². The molecule has 0 saturated carbocycles. The number of H-pyrrole nitrogens is 1. The van der Waals surface area contributed by atoms with Crippen molar-refractivity contribution in [3.63, 3.8) is 0 Å². The minimum Gasteiger partial charge on any atom is -0.336 e. The second-order valence-electron chi connectivity index (χ2n) is 7.77. The van der Waals surface area contributed by atoms with Gasteiger partial charge in [-0.1, -0.05) is 5.11 Å². The number of nitrogens with zero attached hydrogens (tertiary/aromatic N) is 8. The number of azide groups is 1. The van der Waals surface area contributed by atoms with Crippen molar-refractivity contribution in [1.82, 2.24) is 24.6 Å². The molecule has 0 bridgehead atoms. The summed E-state index contributed by atoms with van der Waals surface area (Å²) in [5.74, 6) is -0.598. The minimum absolute atomic E-state index is 0.0869. The molecule has 1 aliphatic rings. The number of hydrogen-bond donors (Lipinski definition) is 1. The maximum Gasteiger partial charge on any atom is 0.280 e. The van der Waals surface area contributed by atoms with Crippen LogP contribution in [-0.2, 0) is 0 Å². The third-order valence-electron chi connectivity index (χ3n) is 5.71. The van der Waals surface area contributed by atoms with E-state index in [1.54, 1.807) is 30.0 Å². The van der Waals surface area contributed by atoms with Crippen LogP contribution in [0.25, 0.3) is 27.4 Å². The number of nitrogens with one attached hydrogen (secondary N) is 1. The predicted octanol–water partition coefficient (Wildman–Crippen LogP) is 2.57. The van der Waals surface area contributed by atoms with Crippen LogP contribution < -0.4 is 5.56 Å². The van der Waals surface area contributed by atoms with Crippen LogP contribution in [0.2, 0.25) is 0 Å². The van der Waals surface area contributed by atoms with E-state index in [1.165, 1.54) is 29.2 Å². The first-order valence-corrected chi connectivity index (χ1v) is 10.4. The van der Waals surface area contributed by atoms with Crippen molar-refractivity contribution in [2.75, 3.05) is 32.8 Å². The Morgan fingerprint density at radius 3 is 2.71 bits per heavy atom. The van der Waals surface area contributed by atoms with Gasteiger partial charge >= 0.3 is 0 Å². The van der Waals surface area contributed by atoms with Gasteiger partial charge in [0.15, 0.2) is 5.82 Å². The van der Waals surface area contributed by atoms with Crippen LogP contribution >= 0.6 is 0 Å². The van der Waals surface area contributed by atoms with Gasteiger partial charge in [-0.05, 0) is 47.8 Å². The van der Waals surface area contributed by atoms with Crippen LogP contribution in [0.4, 0.5) is 4.39 Å². The fraction of sp³-hybridized carbons (Fsp3) is 0.273. The summed E-state index contributed by atoms with van der Waals surface area (Å²) >= 11 is 0. The number of benzene rings is 1. The zero-order chi connectivity index (χ0) is 24.2. The van der Waals surface area contributed by atoms with Gasteiger partial charge in [0.2, 0.25) is 0 Å². The summed E-state index contributed by atoms with van der Waals surface area (Å²) in [6.07, 6.45) is 2.86. The van der Waals surface area contributed by atoms with Crippen LogP contribution in [0.3, 0.4) is 0 Å². The Bertz CT molecular complexity index is 1370. The van der Waals surface area contributed by atoms with Crippen LogP contribution in [-0.4, -0.2) is 63.3 Å². The minimum atomic E-state index is -0.699. The second-order valence-corrected chi connectivity index (χ2v) is 7.77. The molecule has 1 saturated heterocycles. The molecule has 11 nitrogen and oxygen atoms in total. The van der Waals surface area contributed by atoms with E-state index in [9.17, 15) is 14.0 Å². The third kappa shape index (κ3) is 4.38. The van der Waals surface area contributed by atoms with Crippen molar-refractivity contribution < 1.29 is 9.18 Å². The standard InChI is InChI=1S/C22H20FN9O2/c1-14-8-16(10-24)19(23)9-17(14)18-12-28-32(22(18)34)20-3-2-15(11-26-20)21(33)31-6-4-30(5-7-31)13-27-29-25/h2-3,8-9,11-12,28H,4-7,13H2,1H3. The molecule has 1 amide bonds. The smallest absolute Gasteiger partial charge is 0.280 e. The number of piperazine rings is 1. The molecule has 0 spiro atoms. The molecule has 34 heavy (non-hydrogen) atoms. The Morgan fingerprint density at radius 2 is 2.06 bits per heavy atom. The summed E-state index contributed by atoms with van der Waals surface area (Å²) in [5, 5.41) is 15.3. The fourth-order valence-corrected chi connectivity index (χ4v) is 3.83. The number of aromatic nitrogens is 3. The Morgan fingerprint density at radius 1 is 1.29 bits per heavy atom. The monoisotopic (exact) mass is 461 g/mol. The van der Waals surface area contributed by atoms with Gasteiger partial charge in [-0.3, -0.25) is 19.6 Å². The average Bonchev–Trinajstić information content (AvgIpc) is 3.24. The summed E-state index contributed by atoms with van der Waals surface area (Å²) in [7, 11) is 0. The van der Waals surface area contributed by atoms with Gasteiger partial charge in [0, 0.05) is 43.5 Å². The lowest BCUT2D eigenvalue weighted by atomic mass is 10.0. The molecule has 1 aromatic carbocycles. The van der Waals surface area contributed by atoms with Crippen molar-refractivity contribution >= 4 is 5.91 Å². The van der Waals surface area contributed by atoms with E-state index in [0.29, 0.717) is 42.9 Å². The van der Waals surface area contributed by atoms with E-state index >= 15 is 0 Å². The molecule has 2 aromatic heterocycles. The number of amides is 1. The normalized spacial score (nSPS) is 13.9. The Hall–Kier alpha value is -4.46. The van der Waals surface area contributed by atoms with Crippen LogP contribution in [0.5, 0.6) is 0 Å². The molecule has 0 atom stereocenters. The van der Waals surface area contributed by atoms with E-state index in [2.05, 4.69) is 20.1 Å². The molecule has 0 radical (unpaired) electrons. The van der Waals surface area contributed by atoms with Gasteiger partial charge in [-0.25, -0.2) is 14.1 Å². The highest BCUT2D eigenvalue weighted by Crippen LogP contribution is 2.24. The summed E-state index contributed by atoms with van der Waals surface area (Å²) < 4.78 is 15.3. The summed E-state index contributed by atoms with van der Waals surface area (Å²) in [4.78, 5) is 36.4. The van der Waals surface area contributed by atoms with Gasteiger partial charge in [-0.15, -0.1) is 0 Å². The predicted molar refractivity (Wildman–Crippen MR) is 121 cm³/mol. The molecule has 4 rings (SSSR count). The Kier molecular flexibility index (Phi) is 6.40. The number of aryl methyl sites for hydroxylation is 1. The number of carbonyl (C=O) groups is 1. The molecule has 1 fully saturated rings. The Balaban J connectivity index is 1.51. The van der Waals surface area contributed by atoms with E-state index in [-0.39, 0.29) is 29.5 Å². The SMILES string of the molecule is Cc1cc(C#N)c(F)cc1-c1c[nH]n(-c2ccc(C(=O)N3CCN(CN=[N+]=[N-])CC3)cn2)c1=O. The number of pyridine rings is 1. The van der Waals surface area contributed by atoms with Gasteiger partial charge in [0.05, 0.1) is 23.4 Å². The third-order valence-corrected chi connectivity index (χ3v) is 5.71. The first-order chi connectivity index (χ1) is 16.4. The van der Waals surface area contributed by atoms with E-state index in [0.717, 1.165) is 0 Å². The number of aromatic amines is 1. The van der Waals surface area contributed by atoms with Crippen LogP contribution in [0.1, 0.15) is 21.5 Å². The van der Waals surface area contributed by atoms with Crippen molar-refractivity contribution in [2.45, 2.75) is 6.92 Å². The zero-order valence-corrected chi connectivity index (χ0v) is 18.3. The lowest BCUT2D eigenvalue weighted by Gasteiger charge is -2.33. The van der Waals surface area contributed by atoms with E-state index < -0.39 is 11.4 Å². The molecule has 1 aliphatic heterocycles. The molecule has 0 aliphatic carbocycles. The lowest BCUT2D eigenvalue weighted by Crippen LogP contribution is -2.48. The number of nitriles is 1. The quantitative estimate of drug-likeness (QED) is 0.352. The van der Waals surface area contributed by atoms with Gasteiger partial charge in [0.25, 0.3) is 11.5 Å². The molecule has 172 valence electrons. The first kappa shape index (κ1) is 22.7. The van der Waals surface area contributed by atoms with Crippen LogP contribution in [0, 0.1) is 24.1 Å². The van der Waals surface area contributed by atoms with Crippen molar-refractivity contribution in [1.29, 1.82) is 5.26 Å². The summed E-state index contributed by atoms with van der Waals surface area (Å²) in [6, 6.07) is 7.50. The summed E-state index contributed by atoms with van der Waals surface area (Å²) in [5.41, 5.74) is 9.49. The molecule has 12 heteroatoms. The first-order valence-electron chi connectivity index (χ1n) is 10.4. The highest BCUT2D eigenvalue weighted by molar-refractivity contribution is 5.94. The van der Waals surface area contributed by atoms with Crippen LogP contribution in [0.15, 0.2) is 46.6 Å². The number of hydrogen-bond acceptors (Lipinski definition) is 6. The maximum atomic E-state index is 14.1. The lowest BCUT2D eigenvalue weighted by molar-refractivity contribution is 0.0640. The largest absolute Gasteiger partial charge is 0.336 e. The molecular weight excluding hydrogens is 441 g/mol. The summed E-state index contributed by atoms with van der Waals surface area (Å²) in [6.45, 7) is 4.18. The highest BCUT2D eigenvalue weighted by atomic mass is 19.1. The van der Waals surface area contributed by atoms with Gasteiger partial charge in [0.1, 0.15) is 11.9 Å². The van der Waals surface area contributed by atoms with Gasteiger partial charge in [-0.2, -0.15) is 5.26 Å². The van der Waals surface area contributed by atoms with Crippen molar-refractivity contribution in [2.24, 2.45) is 5.11 Å². The molecule has 1 N–H and O–H groups in total. The molecular formula is C22H20FN9O2. The maximum absolute atomic E-state index is 14.1. The number of halogens is 1. The van der Waals surface area contributed by atoms with E-state index in [1.807, 2.05) is 4.90 Å². The Labute approximate surface area is 193 Å². The highest BCUT2D eigenvalue weighted by Gasteiger charge is 2.22. The molecule has 3 aromatic rings. The second kappa shape index (κ2) is 9.58. The number of carbonyl (C=O) groups excluding carboxylic acids is 1. The molecule has 3 heterocycles.